The zero-order valence-corrected chi connectivity index (χ0v) is 26.0. The largest absolute Gasteiger partial charge is 0.506 e. The third kappa shape index (κ3) is 6.21. The minimum Gasteiger partial charge on any atom is -0.506 e. The van der Waals surface area contributed by atoms with E-state index >= 15 is 0 Å². The third-order valence-electron chi connectivity index (χ3n) is 6.68. The van der Waals surface area contributed by atoms with E-state index < -0.39 is 5.97 Å². The number of aromatic nitrogens is 1. The molecule has 0 spiro atoms. The number of ether oxygens (including phenoxy) is 2. The van der Waals surface area contributed by atoms with Crippen LogP contribution in [0.25, 0.3) is 10.9 Å². The second-order valence-corrected chi connectivity index (χ2v) is 12.5. The number of carbonyl (C=O) groups is 2. The molecule has 8 nitrogen and oxygen atoms in total. The van der Waals surface area contributed by atoms with Crippen LogP contribution in [-0.2, 0) is 28.9 Å². The molecular formula is C28H34BrN3O5S2. The third-order valence-corrected chi connectivity index (χ3v) is 9.49. The van der Waals surface area contributed by atoms with Crippen molar-refractivity contribution >= 4 is 62.2 Å². The van der Waals surface area contributed by atoms with Gasteiger partial charge in [-0.3, -0.25) is 4.79 Å². The van der Waals surface area contributed by atoms with E-state index in [1.165, 1.54) is 0 Å². The van der Waals surface area contributed by atoms with Gasteiger partial charge in [-0.1, -0.05) is 12.1 Å². The zero-order valence-electron chi connectivity index (χ0n) is 22.8. The normalized spacial score (nSPS) is 15.5. The molecule has 1 aliphatic rings. The molecule has 2 aromatic carbocycles. The first-order valence-electron chi connectivity index (χ1n) is 12.6. The van der Waals surface area contributed by atoms with Crippen LogP contribution < -0.4 is 4.74 Å². The number of rotatable bonds is 11. The predicted molar refractivity (Wildman–Crippen MR) is 162 cm³/mol. The Morgan fingerprint density at radius 2 is 2.00 bits per heavy atom. The van der Waals surface area contributed by atoms with E-state index in [4.69, 9.17) is 9.47 Å². The number of thioether (sulfide) groups is 2. The van der Waals surface area contributed by atoms with Crippen molar-refractivity contribution in [1.82, 2.24) is 14.4 Å². The molecular weight excluding hydrogens is 602 g/mol. The number of phenols is 1. The average molecular weight is 637 g/mol. The minimum atomic E-state index is -0.397. The van der Waals surface area contributed by atoms with Gasteiger partial charge in [0.15, 0.2) is 0 Å². The molecule has 0 aliphatic carbocycles. The molecule has 1 N–H and O–H groups in total. The molecule has 0 bridgehead atoms. The Labute approximate surface area is 246 Å². The number of hydrogen-bond acceptors (Lipinski definition) is 8. The van der Waals surface area contributed by atoms with Crippen LogP contribution in [0.15, 0.2) is 34.8 Å². The molecule has 1 aromatic heterocycles. The summed E-state index contributed by atoms with van der Waals surface area (Å²) in [6.45, 7) is 3.11. The molecule has 1 aliphatic heterocycles. The Balaban J connectivity index is 1.58. The molecule has 3 aromatic rings. The first kappa shape index (κ1) is 29.6. The van der Waals surface area contributed by atoms with E-state index in [2.05, 4.69) is 15.9 Å². The monoisotopic (exact) mass is 635 g/mol. The summed E-state index contributed by atoms with van der Waals surface area (Å²) in [7, 11) is 7.42. The fourth-order valence-corrected chi connectivity index (χ4v) is 7.49. The molecule has 1 unspecified atom stereocenters. The number of benzene rings is 2. The maximum Gasteiger partial charge on any atom is 0.340 e. The lowest BCUT2D eigenvalue weighted by Crippen LogP contribution is -2.30. The van der Waals surface area contributed by atoms with Crippen LogP contribution in [-0.4, -0.2) is 77.2 Å². The highest BCUT2D eigenvalue weighted by Gasteiger charge is 2.33. The van der Waals surface area contributed by atoms with Gasteiger partial charge in [-0.15, -0.1) is 11.8 Å². The fraction of sp³-hybridized carbons (Fsp3) is 0.429. The number of fused-ring (bicyclic) bond motifs is 1. The summed E-state index contributed by atoms with van der Waals surface area (Å²) < 4.78 is 13.3. The topological polar surface area (TPSA) is 84.2 Å². The predicted octanol–water partition coefficient (Wildman–Crippen LogP) is 5.40. The molecule has 1 amide bonds. The number of hydrogen-bond donors (Lipinski definition) is 1. The highest BCUT2D eigenvalue weighted by molar-refractivity contribution is 9.10. The molecule has 39 heavy (non-hydrogen) atoms. The summed E-state index contributed by atoms with van der Waals surface area (Å²) in [5.41, 5.74) is 3.93. The quantitative estimate of drug-likeness (QED) is 0.221. The number of carbonyl (C=O) groups excluding carboxylic acids is 2. The number of aryl methyl sites for hydroxylation is 1. The van der Waals surface area contributed by atoms with Crippen LogP contribution in [0.5, 0.6) is 11.5 Å². The van der Waals surface area contributed by atoms with Crippen LogP contribution in [0.4, 0.5) is 0 Å². The summed E-state index contributed by atoms with van der Waals surface area (Å²) in [6, 6.07) is 9.71. The second kappa shape index (κ2) is 12.9. The fourth-order valence-electron chi connectivity index (χ4n) is 4.81. The van der Waals surface area contributed by atoms with Crippen LogP contribution in [0.3, 0.4) is 0 Å². The van der Waals surface area contributed by atoms with Crippen molar-refractivity contribution in [1.29, 1.82) is 0 Å². The van der Waals surface area contributed by atoms with E-state index in [9.17, 15) is 14.7 Å². The highest BCUT2D eigenvalue weighted by atomic mass is 79.9. The number of amides is 1. The van der Waals surface area contributed by atoms with Gasteiger partial charge in [-0.05, 0) is 60.7 Å². The first-order chi connectivity index (χ1) is 18.7. The second-order valence-electron chi connectivity index (χ2n) is 9.49. The van der Waals surface area contributed by atoms with Crippen LogP contribution in [0.1, 0.15) is 39.5 Å². The van der Waals surface area contributed by atoms with Crippen molar-refractivity contribution in [2.45, 2.75) is 24.6 Å². The van der Waals surface area contributed by atoms with Gasteiger partial charge in [-0.25, -0.2) is 4.79 Å². The van der Waals surface area contributed by atoms with Gasteiger partial charge < -0.3 is 28.9 Å². The minimum absolute atomic E-state index is 0.0226. The van der Waals surface area contributed by atoms with Crippen molar-refractivity contribution in [3.63, 3.8) is 0 Å². The van der Waals surface area contributed by atoms with Crippen LogP contribution in [0.2, 0.25) is 0 Å². The highest BCUT2D eigenvalue weighted by Crippen LogP contribution is 2.41. The van der Waals surface area contributed by atoms with Gasteiger partial charge >= 0.3 is 5.97 Å². The molecule has 1 saturated heterocycles. The van der Waals surface area contributed by atoms with Crippen molar-refractivity contribution < 1.29 is 24.2 Å². The summed E-state index contributed by atoms with van der Waals surface area (Å²) in [5, 5.41) is 11.6. The van der Waals surface area contributed by atoms with E-state index in [1.54, 1.807) is 37.6 Å². The Hall–Kier alpha value is -2.34. The number of phenolic OH excluding ortho intramolecular Hbond substituents is 1. The number of halogens is 1. The van der Waals surface area contributed by atoms with Gasteiger partial charge in [0.2, 0.25) is 5.91 Å². The van der Waals surface area contributed by atoms with Gasteiger partial charge in [0.05, 0.1) is 35.0 Å². The molecule has 1 atom stereocenters. The van der Waals surface area contributed by atoms with Crippen molar-refractivity contribution in [3.8, 4) is 11.5 Å². The van der Waals surface area contributed by atoms with Gasteiger partial charge in [0, 0.05) is 48.3 Å². The molecule has 210 valence electrons. The molecule has 0 saturated carbocycles. The average Bonchev–Trinajstić information content (AvgIpc) is 3.41. The number of nitrogens with zero attached hydrogens (tertiary/aromatic N) is 3. The first-order valence-corrected chi connectivity index (χ1v) is 15.6. The molecule has 1 fully saturated rings. The van der Waals surface area contributed by atoms with E-state index in [1.807, 2.05) is 65.8 Å². The van der Waals surface area contributed by atoms with E-state index in [0.717, 1.165) is 22.5 Å². The standard InChI is InChI=1S/C28H34BrN3O5S2/c1-6-37-28(35)25-22(31(4)21-13-20(29)26(34)19(24(21)25)14-30(2)3)15-38-12-11-32-23(33)16-39-27(32)17-7-9-18(36-5)10-8-17/h7-10,13,27,34H,6,11-12,14-16H2,1-5H3. The van der Waals surface area contributed by atoms with Crippen LogP contribution in [0, 0.1) is 0 Å². The summed E-state index contributed by atoms with van der Waals surface area (Å²) in [6.07, 6.45) is 0. The van der Waals surface area contributed by atoms with E-state index in [-0.39, 0.29) is 23.6 Å². The Kier molecular flexibility index (Phi) is 9.79. The van der Waals surface area contributed by atoms with Gasteiger partial charge in [-0.2, -0.15) is 11.8 Å². The lowest BCUT2D eigenvalue weighted by molar-refractivity contribution is -0.127. The van der Waals surface area contributed by atoms with Crippen LogP contribution >= 0.6 is 39.5 Å². The smallest absolute Gasteiger partial charge is 0.340 e. The zero-order chi connectivity index (χ0) is 28.3. The maximum absolute atomic E-state index is 13.2. The molecule has 11 heteroatoms. The summed E-state index contributed by atoms with van der Waals surface area (Å²) >= 11 is 6.79. The van der Waals surface area contributed by atoms with Crippen molar-refractivity contribution in [2.75, 3.05) is 45.9 Å². The maximum atomic E-state index is 13.2. The SMILES string of the molecule is CCOC(=O)c1c(CSCCN2C(=O)CSC2c2ccc(OC)cc2)n(C)c2cc(Br)c(O)c(CN(C)C)c12. The van der Waals surface area contributed by atoms with E-state index in [0.29, 0.717) is 51.3 Å². The molecule has 4 rings (SSSR count). The Bertz CT molecular complexity index is 1360. The van der Waals surface area contributed by atoms with Crippen molar-refractivity contribution in [2.24, 2.45) is 7.05 Å². The lowest BCUT2D eigenvalue weighted by atomic mass is 10.0. The summed E-state index contributed by atoms with van der Waals surface area (Å²) in [4.78, 5) is 29.8. The lowest BCUT2D eigenvalue weighted by Gasteiger charge is -2.24. The van der Waals surface area contributed by atoms with Gasteiger partial charge in [0.1, 0.15) is 16.9 Å². The Morgan fingerprint density at radius 3 is 2.64 bits per heavy atom. The summed E-state index contributed by atoms with van der Waals surface area (Å²) in [5.74, 6) is 2.38. The Morgan fingerprint density at radius 1 is 1.28 bits per heavy atom. The molecule has 2 heterocycles. The van der Waals surface area contributed by atoms with Crippen molar-refractivity contribution in [3.05, 3.63) is 57.2 Å². The van der Waals surface area contributed by atoms with Gasteiger partial charge in [0.25, 0.3) is 0 Å². The molecule has 0 radical (unpaired) electrons. The number of methoxy groups -OCH3 is 1. The number of esters is 1. The number of aromatic hydroxyl groups is 1.